The molecule has 0 atom stereocenters. The first-order valence-corrected chi connectivity index (χ1v) is 12.7. The Morgan fingerprint density at radius 2 is 1.69 bits per heavy atom. The van der Waals surface area contributed by atoms with Gasteiger partial charge in [0.05, 0.1) is 10.6 Å². The van der Waals surface area contributed by atoms with Gasteiger partial charge in [-0.1, -0.05) is 35.9 Å². The van der Waals surface area contributed by atoms with Crippen molar-refractivity contribution in [3.8, 4) is 10.6 Å². The summed E-state index contributed by atoms with van der Waals surface area (Å²) in [6.45, 7) is 1.58. The Morgan fingerprint density at radius 1 is 1.03 bits per heavy atom. The molecule has 0 spiro atoms. The van der Waals surface area contributed by atoms with Crippen molar-refractivity contribution in [2.45, 2.75) is 16.7 Å². The number of hydrogen-bond acceptors (Lipinski definition) is 7. The SMILES string of the molecule is Cc1nc(-c2cccc(Cl)c2)sc1C(=O)NS(=O)(=O)c1ccccc1S(C)(=O)=O. The van der Waals surface area contributed by atoms with Crippen LogP contribution in [0.1, 0.15) is 15.4 Å². The zero-order chi connectivity index (χ0) is 21.4. The number of sulfonamides is 1. The lowest BCUT2D eigenvalue weighted by atomic mass is 10.2. The number of aromatic nitrogens is 1. The van der Waals surface area contributed by atoms with Crippen molar-refractivity contribution < 1.29 is 21.6 Å². The first-order chi connectivity index (χ1) is 13.5. The van der Waals surface area contributed by atoms with E-state index in [-0.39, 0.29) is 9.77 Å². The standard InChI is InChI=1S/C18H15ClN2O5S3/c1-11-16(27-18(20-11)12-6-5-7-13(19)10-12)17(22)21-29(25,26)15-9-4-3-8-14(15)28(2,23)24/h3-10H,1-2H3,(H,21,22). The van der Waals surface area contributed by atoms with E-state index < -0.39 is 30.7 Å². The molecular formula is C18H15ClN2O5S3. The summed E-state index contributed by atoms with van der Waals surface area (Å²) in [4.78, 5) is 16.2. The van der Waals surface area contributed by atoms with Gasteiger partial charge in [0.1, 0.15) is 14.8 Å². The molecule has 3 aromatic rings. The van der Waals surface area contributed by atoms with Crippen LogP contribution in [0.25, 0.3) is 10.6 Å². The number of amides is 1. The molecule has 0 aliphatic heterocycles. The van der Waals surface area contributed by atoms with Gasteiger partial charge >= 0.3 is 0 Å². The molecule has 0 unspecified atom stereocenters. The summed E-state index contributed by atoms with van der Waals surface area (Å²) >= 11 is 6.99. The van der Waals surface area contributed by atoms with Crippen LogP contribution in [0.3, 0.4) is 0 Å². The molecule has 0 saturated carbocycles. The molecule has 0 aliphatic carbocycles. The number of benzene rings is 2. The second kappa shape index (κ2) is 7.86. The molecule has 0 saturated heterocycles. The van der Waals surface area contributed by atoms with Gasteiger partial charge < -0.3 is 0 Å². The van der Waals surface area contributed by atoms with E-state index in [0.717, 1.165) is 23.7 Å². The maximum atomic E-state index is 12.7. The second-order valence-corrected chi connectivity index (χ2v) is 11.2. The fraction of sp³-hybridized carbons (Fsp3) is 0.111. The van der Waals surface area contributed by atoms with Crippen LogP contribution < -0.4 is 4.72 Å². The van der Waals surface area contributed by atoms with E-state index in [4.69, 9.17) is 11.6 Å². The van der Waals surface area contributed by atoms with Crippen molar-refractivity contribution in [2.75, 3.05) is 6.26 Å². The van der Waals surface area contributed by atoms with Gasteiger partial charge in [-0.25, -0.2) is 26.5 Å². The summed E-state index contributed by atoms with van der Waals surface area (Å²) in [6.07, 6.45) is 0.897. The fourth-order valence-corrected chi connectivity index (χ4v) is 6.36. The summed E-state index contributed by atoms with van der Waals surface area (Å²) in [5, 5.41) is 1.00. The molecular weight excluding hydrogens is 456 g/mol. The third-order valence-electron chi connectivity index (χ3n) is 3.84. The number of rotatable bonds is 5. The monoisotopic (exact) mass is 470 g/mol. The van der Waals surface area contributed by atoms with Gasteiger partial charge in [-0.2, -0.15) is 0 Å². The van der Waals surface area contributed by atoms with Gasteiger partial charge in [0.25, 0.3) is 15.9 Å². The molecule has 11 heteroatoms. The number of hydrogen-bond donors (Lipinski definition) is 1. The maximum absolute atomic E-state index is 12.7. The first kappa shape index (κ1) is 21.4. The number of aryl methyl sites for hydroxylation is 1. The topological polar surface area (TPSA) is 110 Å². The lowest BCUT2D eigenvalue weighted by Gasteiger charge is -2.10. The fourth-order valence-electron chi connectivity index (χ4n) is 2.55. The lowest BCUT2D eigenvalue weighted by molar-refractivity contribution is 0.0984. The highest BCUT2D eigenvalue weighted by Gasteiger charge is 2.27. The molecule has 0 fully saturated rings. The minimum atomic E-state index is -4.42. The highest BCUT2D eigenvalue weighted by atomic mass is 35.5. The van der Waals surface area contributed by atoms with E-state index in [1.807, 2.05) is 4.72 Å². The molecule has 2 aromatic carbocycles. The Kier molecular flexibility index (Phi) is 5.81. The Balaban J connectivity index is 1.95. The highest BCUT2D eigenvalue weighted by Crippen LogP contribution is 2.30. The highest BCUT2D eigenvalue weighted by molar-refractivity contribution is 7.93. The minimum Gasteiger partial charge on any atom is -0.267 e. The number of halogens is 1. The molecule has 0 aliphatic rings. The second-order valence-electron chi connectivity index (χ2n) is 6.10. The summed E-state index contributed by atoms with van der Waals surface area (Å²) in [5.74, 6) is -0.892. The smallest absolute Gasteiger partial charge is 0.267 e. The predicted molar refractivity (Wildman–Crippen MR) is 112 cm³/mol. The van der Waals surface area contributed by atoms with Gasteiger partial charge in [0, 0.05) is 16.8 Å². The van der Waals surface area contributed by atoms with Gasteiger partial charge in [0.15, 0.2) is 9.84 Å². The number of carbonyl (C=O) groups is 1. The Labute approximate surface area is 177 Å². The van der Waals surface area contributed by atoms with Crippen LogP contribution in [0.15, 0.2) is 58.3 Å². The number of carbonyl (C=O) groups excluding carboxylic acids is 1. The number of thiazole rings is 1. The van der Waals surface area contributed by atoms with E-state index in [2.05, 4.69) is 4.98 Å². The van der Waals surface area contributed by atoms with Gasteiger partial charge in [-0.3, -0.25) is 4.79 Å². The molecule has 0 radical (unpaired) electrons. The van der Waals surface area contributed by atoms with Crippen molar-refractivity contribution in [1.29, 1.82) is 0 Å². The summed E-state index contributed by atoms with van der Waals surface area (Å²) in [6, 6.07) is 12.0. The third kappa shape index (κ3) is 4.67. The van der Waals surface area contributed by atoms with Gasteiger partial charge in [0.2, 0.25) is 0 Å². The van der Waals surface area contributed by atoms with Crippen LogP contribution in [0, 0.1) is 6.92 Å². The summed E-state index contributed by atoms with van der Waals surface area (Å²) in [5.41, 5.74) is 1.03. The lowest BCUT2D eigenvalue weighted by Crippen LogP contribution is -2.31. The van der Waals surface area contributed by atoms with Gasteiger partial charge in [-0.15, -0.1) is 11.3 Å². The van der Waals surface area contributed by atoms with Crippen molar-refractivity contribution in [3.05, 3.63) is 64.1 Å². The number of sulfone groups is 1. The summed E-state index contributed by atoms with van der Waals surface area (Å²) < 4.78 is 51.1. The third-order valence-corrected chi connectivity index (χ3v) is 7.95. The largest absolute Gasteiger partial charge is 0.277 e. The normalized spacial score (nSPS) is 12.0. The Bertz CT molecular complexity index is 1310. The zero-order valence-electron chi connectivity index (χ0n) is 15.2. The molecule has 29 heavy (non-hydrogen) atoms. The van der Waals surface area contributed by atoms with Crippen LogP contribution in [0.2, 0.25) is 5.02 Å². The molecule has 1 amide bonds. The average molecular weight is 471 g/mol. The number of nitrogens with zero attached hydrogens (tertiary/aromatic N) is 1. The molecule has 1 heterocycles. The van der Waals surface area contributed by atoms with E-state index in [9.17, 15) is 21.6 Å². The molecule has 3 rings (SSSR count). The Hall–Kier alpha value is -2.27. The first-order valence-electron chi connectivity index (χ1n) is 8.08. The molecule has 1 aromatic heterocycles. The van der Waals surface area contributed by atoms with Crippen LogP contribution in [0.5, 0.6) is 0 Å². The summed E-state index contributed by atoms with van der Waals surface area (Å²) in [7, 11) is -8.24. The minimum absolute atomic E-state index is 0.0976. The molecule has 1 N–H and O–H groups in total. The zero-order valence-corrected chi connectivity index (χ0v) is 18.4. The van der Waals surface area contributed by atoms with Crippen molar-refractivity contribution >= 4 is 48.7 Å². The van der Waals surface area contributed by atoms with E-state index in [0.29, 0.717) is 21.3 Å². The van der Waals surface area contributed by atoms with Crippen LogP contribution in [-0.4, -0.2) is 34.0 Å². The molecule has 152 valence electrons. The predicted octanol–water partition coefficient (Wildman–Crippen LogP) is 3.29. The van der Waals surface area contributed by atoms with E-state index in [1.165, 1.54) is 18.2 Å². The van der Waals surface area contributed by atoms with Crippen molar-refractivity contribution in [3.63, 3.8) is 0 Å². The van der Waals surface area contributed by atoms with Gasteiger partial charge in [-0.05, 0) is 31.2 Å². The quantitative estimate of drug-likeness (QED) is 0.612. The van der Waals surface area contributed by atoms with Crippen LogP contribution >= 0.6 is 22.9 Å². The molecule has 7 nitrogen and oxygen atoms in total. The Morgan fingerprint density at radius 3 is 2.31 bits per heavy atom. The van der Waals surface area contributed by atoms with Crippen molar-refractivity contribution in [2.24, 2.45) is 0 Å². The van der Waals surface area contributed by atoms with E-state index >= 15 is 0 Å². The van der Waals surface area contributed by atoms with Crippen molar-refractivity contribution in [1.82, 2.24) is 9.71 Å². The van der Waals surface area contributed by atoms with E-state index in [1.54, 1.807) is 31.2 Å². The van der Waals surface area contributed by atoms with Crippen LogP contribution in [0.4, 0.5) is 0 Å². The van der Waals surface area contributed by atoms with Crippen LogP contribution in [-0.2, 0) is 19.9 Å². The number of nitrogens with one attached hydrogen (secondary N) is 1. The maximum Gasteiger partial charge on any atom is 0.277 e. The molecule has 0 bridgehead atoms. The average Bonchev–Trinajstić information content (AvgIpc) is 3.03.